The number of nitrogens with one attached hydrogen (secondary N) is 1. The smallest absolute Gasteiger partial charge is 0.331 e. The van der Waals surface area contributed by atoms with Crippen molar-refractivity contribution >= 4 is 18.0 Å². The van der Waals surface area contributed by atoms with Gasteiger partial charge in [-0.15, -0.1) is 0 Å². The lowest BCUT2D eigenvalue weighted by atomic mass is 10.1. The Morgan fingerprint density at radius 2 is 1.90 bits per heavy atom. The van der Waals surface area contributed by atoms with E-state index in [9.17, 15) is 9.59 Å². The highest BCUT2D eigenvalue weighted by Crippen LogP contribution is 2.32. The van der Waals surface area contributed by atoms with Gasteiger partial charge in [-0.25, -0.2) is 4.79 Å². The molecule has 0 bridgehead atoms. The molecule has 0 aromatic heterocycles. The Hall–Kier alpha value is -3.79. The number of fused-ring (bicyclic) bond motifs is 1. The lowest BCUT2D eigenvalue weighted by Crippen LogP contribution is -2.31. The molecule has 0 aliphatic carbocycles. The number of hydrogen-bond acceptors (Lipinski definition) is 6. The lowest BCUT2D eigenvalue weighted by molar-refractivity contribution is -0.144. The summed E-state index contributed by atoms with van der Waals surface area (Å²) in [7, 11) is 0. The van der Waals surface area contributed by atoms with Crippen LogP contribution in [0.4, 0.5) is 0 Å². The highest BCUT2D eigenvalue weighted by atomic mass is 16.6. The van der Waals surface area contributed by atoms with E-state index in [4.69, 9.17) is 19.5 Å². The molecular weight excluding hydrogens is 372 g/mol. The Balaban J connectivity index is 1.47. The van der Waals surface area contributed by atoms with Crippen molar-refractivity contribution < 1.29 is 23.8 Å². The first kappa shape index (κ1) is 20.0. The zero-order valence-electron chi connectivity index (χ0n) is 15.9. The van der Waals surface area contributed by atoms with Crippen molar-refractivity contribution in [1.82, 2.24) is 5.32 Å². The van der Waals surface area contributed by atoms with Crippen LogP contribution in [0.1, 0.15) is 29.7 Å². The van der Waals surface area contributed by atoms with Crippen molar-refractivity contribution in [3.63, 3.8) is 0 Å². The number of nitriles is 1. The molecule has 1 heterocycles. The first-order valence-corrected chi connectivity index (χ1v) is 9.09. The third-order valence-corrected chi connectivity index (χ3v) is 4.24. The van der Waals surface area contributed by atoms with Crippen molar-refractivity contribution in [2.45, 2.75) is 13.0 Å². The van der Waals surface area contributed by atoms with E-state index < -0.39 is 11.9 Å². The second-order valence-corrected chi connectivity index (χ2v) is 6.37. The molecule has 29 heavy (non-hydrogen) atoms. The molecule has 0 unspecified atom stereocenters. The number of carbonyl (C=O) groups excluding carboxylic acids is 2. The van der Waals surface area contributed by atoms with E-state index in [1.807, 2.05) is 25.1 Å². The van der Waals surface area contributed by atoms with Gasteiger partial charge in [0.1, 0.15) is 13.2 Å². The number of esters is 1. The summed E-state index contributed by atoms with van der Waals surface area (Å²) in [6.07, 6.45) is 2.79. The molecule has 1 N–H and O–H groups in total. The van der Waals surface area contributed by atoms with Gasteiger partial charge >= 0.3 is 5.97 Å². The second kappa shape index (κ2) is 9.42. The number of rotatable bonds is 6. The molecule has 1 aliphatic heterocycles. The summed E-state index contributed by atoms with van der Waals surface area (Å²) in [5.41, 5.74) is 2.14. The first-order chi connectivity index (χ1) is 14.0. The molecule has 7 heteroatoms. The minimum absolute atomic E-state index is 0.286. The molecule has 1 amide bonds. The monoisotopic (exact) mass is 392 g/mol. The fourth-order valence-corrected chi connectivity index (χ4v) is 2.71. The Morgan fingerprint density at radius 1 is 1.17 bits per heavy atom. The molecule has 0 radical (unpaired) electrons. The highest BCUT2D eigenvalue weighted by molar-refractivity contribution is 5.89. The number of carbonyl (C=O) groups is 2. The lowest BCUT2D eigenvalue weighted by Gasteiger charge is -2.21. The van der Waals surface area contributed by atoms with Crippen LogP contribution in [0.3, 0.4) is 0 Å². The van der Waals surface area contributed by atoms with Crippen LogP contribution in [0.15, 0.2) is 48.5 Å². The number of amides is 1. The summed E-state index contributed by atoms with van der Waals surface area (Å²) >= 11 is 0. The van der Waals surface area contributed by atoms with Gasteiger partial charge in [-0.1, -0.05) is 18.2 Å². The maximum absolute atomic E-state index is 12.1. The van der Waals surface area contributed by atoms with Crippen LogP contribution in [0.25, 0.3) is 6.08 Å². The average molecular weight is 392 g/mol. The minimum atomic E-state index is -0.628. The van der Waals surface area contributed by atoms with Crippen LogP contribution >= 0.6 is 0 Å². The van der Waals surface area contributed by atoms with Crippen molar-refractivity contribution in [3.05, 3.63) is 65.2 Å². The summed E-state index contributed by atoms with van der Waals surface area (Å²) in [6.45, 7) is 2.45. The van der Waals surface area contributed by atoms with Gasteiger partial charge in [0.25, 0.3) is 5.91 Å². The molecule has 3 rings (SSSR count). The number of hydrogen-bond donors (Lipinski definition) is 1. The largest absolute Gasteiger partial charge is 0.486 e. The van der Waals surface area contributed by atoms with E-state index in [1.54, 1.807) is 36.4 Å². The summed E-state index contributed by atoms with van der Waals surface area (Å²) in [4.78, 5) is 23.9. The topological polar surface area (TPSA) is 97.7 Å². The molecule has 1 atom stereocenters. The van der Waals surface area contributed by atoms with Gasteiger partial charge < -0.3 is 19.5 Å². The second-order valence-electron chi connectivity index (χ2n) is 6.37. The van der Waals surface area contributed by atoms with Gasteiger partial charge in [-0.2, -0.15) is 5.26 Å². The molecule has 1 aliphatic rings. The normalized spacial score (nSPS) is 13.4. The van der Waals surface area contributed by atoms with Gasteiger partial charge in [0.2, 0.25) is 0 Å². The van der Waals surface area contributed by atoms with Crippen LogP contribution in [-0.2, 0) is 14.3 Å². The number of benzene rings is 2. The summed E-state index contributed by atoms with van der Waals surface area (Å²) in [5, 5.41) is 11.5. The Labute approximate surface area is 168 Å². The van der Waals surface area contributed by atoms with Gasteiger partial charge in [-0.05, 0) is 48.4 Å². The number of nitrogens with zero attached hydrogens (tertiary/aromatic N) is 1. The molecule has 0 saturated carbocycles. The van der Waals surface area contributed by atoms with Crippen molar-refractivity contribution in [2.75, 3.05) is 19.8 Å². The van der Waals surface area contributed by atoms with Crippen molar-refractivity contribution in [1.29, 1.82) is 5.26 Å². The maximum Gasteiger partial charge on any atom is 0.331 e. The van der Waals surface area contributed by atoms with E-state index in [2.05, 4.69) is 5.32 Å². The molecule has 2 aromatic rings. The van der Waals surface area contributed by atoms with Crippen LogP contribution in [0.2, 0.25) is 0 Å². The fraction of sp³-hybridized carbons (Fsp3) is 0.227. The van der Waals surface area contributed by atoms with Crippen molar-refractivity contribution in [3.8, 4) is 17.6 Å². The molecular formula is C22H20N2O5. The zero-order chi connectivity index (χ0) is 20.6. The van der Waals surface area contributed by atoms with Gasteiger partial charge in [-0.3, -0.25) is 4.79 Å². The quantitative estimate of drug-likeness (QED) is 0.600. The number of ether oxygens (including phenoxy) is 3. The molecule has 7 nitrogen and oxygen atoms in total. The van der Waals surface area contributed by atoms with E-state index in [-0.39, 0.29) is 12.6 Å². The van der Waals surface area contributed by atoms with Crippen LogP contribution in [0.5, 0.6) is 11.5 Å². The van der Waals surface area contributed by atoms with Crippen LogP contribution in [0, 0.1) is 11.3 Å². The predicted molar refractivity (Wildman–Crippen MR) is 105 cm³/mol. The summed E-state index contributed by atoms with van der Waals surface area (Å²) in [6, 6.07) is 13.9. The van der Waals surface area contributed by atoms with Crippen LogP contribution < -0.4 is 14.8 Å². The third-order valence-electron chi connectivity index (χ3n) is 4.24. The van der Waals surface area contributed by atoms with Gasteiger partial charge in [0.05, 0.1) is 17.7 Å². The fourth-order valence-electron chi connectivity index (χ4n) is 2.71. The Morgan fingerprint density at radius 3 is 2.62 bits per heavy atom. The van der Waals surface area contributed by atoms with Crippen molar-refractivity contribution in [2.24, 2.45) is 0 Å². The molecule has 0 fully saturated rings. The van der Waals surface area contributed by atoms with Gasteiger partial charge in [0.15, 0.2) is 18.1 Å². The van der Waals surface area contributed by atoms with E-state index in [0.717, 1.165) is 11.1 Å². The molecule has 0 saturated heterocycles. The predicted octanol–water partition coefficient (Wildman–Crippen LogP) is 2.76. The summed E-state index contributed by atoms with van der Waals surface area (Å²) in [5.74, 6) is 0.291. The van der Waals surface area contributed by atoms with E-state index in [0.29, 0.717) is 30.3 Å². The average Bonchev–Trinajstić information content (AvgIpc) is 2.76. The van der Waals surface area contributed by atoms with Gasteiger partial charge in [0, 0.05) is 6.08 Å². The highest BCUT2D eigenvalue weighted by Gasteiger charge is 2.16. The SMILES string of the molecule is C[C@H](NC(=O)COC(=O)/C=C/c1ccc(C#N)cc1)c1ccc2c(c1)OCCO2. The molecule has 148 valence electrons. The van der Waals surface area contributed by atoms with E-state index in [1.165, 1.54) is 6.08 Å². The standard InChI is InChI=1S/C22H20N2O5/c1-15(18-7-8-19-20(12-18)28-11-10-27-19)24-21(25)14-29-22(26)9-6-16-2-4-17(13-23)5-3-16/h2-9,12,15H,10-11,14H2,1H3,(H,24,25)/b9-6+/t15-/m0/s1. The molecule has 0 spiro atoms. The molecule has 2 aromatic carbocycles. The third kappa shape index (κ3) is 5.59. The van der Waals surface area contributed by atoms with Crippen LogP contribution in [-0.4, -0.2) is 31.7 Å². The van der Waals surface area contributed by atoms with E-state index >= 15 is 0 Å². The zero-order valence-corrected chi connectivity index (χ0v) is 15.9. The minimum Gasteiger partial charge on any atom is -0.486 e. The maximum atomic E-state index is 12.1. The Kier molecular flexibility index (Phi) is 6.48. The first-order valence-electron chi connectivity index (χ1n) is 9.09. The Bertz CT molecular complexity index is 960. The summed E-state index contributed by atoms with van der Waals surface area (Å²) < 4.78 is 16.0.